The van der Waals surface area contributed by atoms with Crippen LogP contribution in [0.15, 0.2) is 24.3 Å². The maximum Gasteiger partial charge on any atom is 0.144 e. The fourth-order valence-corrected chi connectivity index (χ4v) is 2.95. The largest absolute Gasteiger partial charge is 0.491 e. The highest BCUT2D eigenvalue weighted by Gasteiger charge is 2.07. The van der Waals surface area contributed by atoms with Crippen molar-refractivity contribution in [3.05, 3.63) is 39.6 Å². The van der Waals surface area contributed by atoms with Gasteiger partial charge in [0.25, 0.3) is 0 Å². The third kappa shape index (κ3) is 3.45. The Morgan fingerprint density at radius 1 is 1.30 bits per heavy atom. The van der Waals surface area contributed by atoms with Crippen molar-refractivity contribution in [2.45, 2.75) is 33.7 Å². The Hall–Kier alpha value is -1.68. The Bertz CT molecular complexity index is 558. The maximum absolute atomic E-state index is 6.14. The van der Waals surface area contributed by atoms with E-state index in [-0.39, 0.29) is 0 Å². The minimum atomic E-state index is 0.686. The summed E-state index contributed by atoms with van der Waals surface area (Å²) in [6.07, 6.45) is 0.977. The van der Waals surface area contributed by atoms with Crippen LogP contribution in [-0.2, 0) is 6.54 Å². The van der Waals surface area contributed by atoms with E-state index in [9.17, 15) is 0 Å². The van der Waals surface area contributed by atoms with Gasteiger partial charge in [0.2, 0.25) is 0 Å². The van der Waals surface area contributed by atoms with E-state index in [1.54, 1.807) is 0 Å². The molecule has 2 aromatic rings. The molecule has 0 aliphatic carbocycles. The zero-order valence-electron chi connectivity index (χ0n) is 12.3. The second-order valence-corrected chi connectivity index (χ2v) is 6.21. The van der Waals surface area contributed by atoms with Crippen molar-refractivity contribution in [3.8, 4) is 5.75 Å². The number of aryl methyl sites for hydroxylation is 2. The molecule has 0 fully saturated rings. The van der Waals surface area contributed by atoms with Crippen molar-refractivity contribution in [2.75, 3.05) is 17.7 Å². The molecule has 3 nitrogen and oxygen atoms in total. The van der Waals surface area contributed by atoms with Crippen molar-refractivity contribution >= 4 is 22.7 Å². The van der Waals surface area contributed by atoms with Gasteiger partial charge in [0.15, 0.2) is 0 Å². The molecule has 0 spiro atoms. The lowest BCUT2D eigenvalue weighted by atomic mass is 10.2. The van der Waals surface area contributed by atoms with Crippen LogP contribution >= 0.6 is 11.3 Å². The molecule has 1 aromatic heterocycles. The average molecular weight is 290 g/mol. The zero-order chi connectivity index (χ0) is 14.5. The third-order valence-corrected chi connectivity index (χ3v) is 4.35. The van der Waals surface area contributed by atoms with E-state index in [2.05, 4.69) is 32.2 Å². The van der Waals surface area contributed by atoms with Crippen LogP contribution in [0.3, 0.4) is 0 Å². The number of nitrogen functional groups attached to an aromatic ring is 1. The fraction of sp³-hybridized carbons (Fsp3) is 0.375. The number of hydrogen-bond donors (Lipinski definition) is 2. The highest BCUT2D eigenvalue weighted by atomic mass is 32.1. The zero-order valence-corrected chi connectivity index (χ0v) is 13.1. The number of ether oxygens (including phenoxy) is 1. The molecule has 0 saturated heterocycles. The fourth-order valence-electron chi connectivity index (χ4n) is 1.96. The molecule has 0 aliphatic heterocycles. The highest BCUT2D eigenvalue weighted by Crippen LogP contribution is 2.30. The first-order chi connectivity index (χ1) is 9.61. The smallest absolute Gasteiger partial charge is 0.144 e. The standard InChI is InChI=1S/C16H22N2OS/c1-4-8-19-15-7-5-6-14(16(15)17)18-10-13-9-11(2)12(3)20-13/h5-7,9,18H,4,8,10,17H2,1-3H3. The second-order valence-electron chi connectivity index (χ2n) is 4.87. The molecule has 0 unspecified atom stereocenters. The van der Waals surface area contributed by atoms with Gasteiger partial charge in [-0.05, 0) is 44.0 Å². The Morgan fingerprint density at radius 2 is 2.10 bits per heavy atom. The molecule has 0 radical (unpaired) electrons. The van der Waals surface area contributed by atoms with Gasteiger partial charge in [0.05, 0.1) is 18.0 Å². The number of nitrogens with one attached hydrogen (secondary N) is 1. The first kappa shape index (κ1) is 14.7. The maximum atomic E-state index is 6.14. The van der Waals surface area contributed by atoms with Gasteiger partial charge in [0.1, 0.15) is 5.75 Å². The Balaban J connectivity index is 2.05. The SMILES string of the molecule is CCCOc1cccc(NCc2cc(C)c(C)s2)c1N. The van der Waals surface area contributed by atoms with E-state index < -0.39 is 0 Å². The van der Waals surface area contributed by atoms with Gasteiger partial charge < -0.3 is 15.8 Å². The van der Waals surface area contributed by atoms with Crippen molar-refractivity contribution in [1.29, 1.82) is 0 Å². The normalized spacial score (nSPS) is 10.6. The van der Waals surface area contributed by atoms with Gasteiger partial charge in [-0.25, -0.2) is 0 Å². The van der Waals surface area contributed by atoms with E-state index in [1.807, 2.05) is 29.5 Å². The summed E-state index contributed by atoms with van der Waals surface area (Å²) in [6.45, 7) is 7.86. The molecule has 0 bridgehead atoms. The molecule has 0 amide bonds. The number of nitrogens with two attached hydrogens (primary N) is 1. The molecule has 1 heterocycles. The summed E-state index contributed by atoms with van der Waals surface area (Å²) >= 11 is 1.82. The van der Waals surface area contributed by atoms with Crippen molar-refractivity contribution in [3.63, 3.8) is 0 Å². The van der Waals surface area contributed by atoms with E-state index in [4.69, 9.17) is 10.5 Å². The Morgan fingerprint density at radius 3 is 2.75 bits per heavy atom. The number of para-hydroxylation sites is 1. The molecular formula is C16H22N2OS. The summed E-state index contributed by atoms with van der Waals surface area (Å²) in [4.78, 5) is 2.69. The molecule has 0 atom stereocenters. The van der Waals surface area contributed by atoms with E-state index >= 15 is 0 Å². The predicted octanol–water partition coefficient (Wildman–Crippen LogP) is 4.35. The van der Waals surface area contributed by atoms with E-state index in [1.165, 1.54) is 15.3 Å². The third-order valence-electron chi connectivity index (χ3n) is 3.20. The lowest BCUT2D eigenvalue weighted by Gasteiger charge is -2.13. The molecular weight excluding hydrogens is 268 g/mol. The second kappa shape index (κ2) is 6.66. The molecule has 0 saturated carbocycles. The van der Waals surface area contributed by atoms with Gasteiger partial charge in [-0.1, -0.05) is 13.0 Å². The van der Waals surface area contributed by atoms with Crippen LogP contribution in [0, 0.1) is 13.8 Å². The molecule has 0 aliphatic rings. The van der Waals surface area contributed by atoms with Crippen molar-refractivity contribution in [2.24, 2.45) is 0 Å². The average Bonchev–Trinajstić information content (AvgIpc) is 2.75. The van der Waals surface area contributed by atoms with Gasteiger partial charge in [-0.15, -0.1) is 11.3 Å². The quantitative estimate of drug-likeness (QED) is 0.778. The van der Waals surface area contributed by atoms with Gasteiger partial charge in [0, 0.05) is 16.3 Å². The molecule has 108 valence electrons. The number of thiophene rings is 1. The van der Waals surface area contributed by atoms with Crippen LogP contribution in [0.25, 0.3) is 0 Å². The molecule has 2 rings (SSSR count). The van der Waals surface area contributed by atoms with Crippen molar-refractivity contribution < 1.29 is 4.74 Å². The van der Waals surface area contributed by atoms with Crippen LogP contribution in [0.2, 0.25) is 0 Å². The van der Waals surface area contributed by atoms with Crippen molar-refractivity contribution in [1.82, 2.24) is 0 Å². The van der Waals surface area contributed by atoms with Gasteiger partial charge >= 0.3 is 0 Å². The van der Waals surface area contributed by atoms with Crippen LogP contribution < -0.4 is 15.8 Å². The van der Waals surface area contributed by atoms with Crippen LogP contribution in [0.1, 0.15) is 28.7 Å². The molecule has 3 N–H and O–H groups in total. The minimum Gasteiger partial charge on any atom is -0.491 e. The van der Waals surface area contributed by atoms with E-state index in [0.29, 0.717) is 12.3 Å². The summed E-state index contributed by atoms with van der Waals surface area (Å²) in [5.41, 5.74) is 9.11. The van der Waals surface area contributed by atoms with Crippen LogP contribution in [0.5, 0.6) is 5.75 Å². The van der Waals surface area contributed by atoms with Crippen LogP contribution in [-0.4, -0.2) is 6.61 Å². The van der Waals surface area contributed by atoms with Gasteiger partial charge in [-0.2, -0.15) is 0 Å². The summed E-state index contributed by atoms with van der Waals surface area (Å²) in [5.74, 6) is 0.760. The monoisotopic (exact) mass is 290 g/mol. The Labute approximate surface area is 124 Å². The van der Waals surface area contributed by atoms with Crippen LogP contribution in [0.4, 0.5) is 11.4 Å². The molecule has 1 aromatic carbocycles. The highest BCUT2D eigenvalue weighted by molar-refractivity contribution is 7.12. The Kier molecular flexibility index (Phi) is 4.90. The lowest BCUT2D eigenvalue weighted by Crippen LogP contribution is -2.04. The lowest BCUT2D eigenvalue weighted by molar-refractivity contribution is 0.319. The number of benzene rings is 1. The minimum absolute atomic E-state index is 0.686. The summed E-state index contributed by atoms with van der Waals surface area (Å²) in [7, 11) is 0. The summed E-state index contributed by atoms with van der Waals surface area (Å²) in [5, 5.41) is 3.39. The number of anilines is 2. The summed E-state index contributed by atoms with van der Waals surface area (Å²) < 4.78 is 5.64. The predicted molar refractivity (Wildman–Crippen MR) is 87.8 cm³/mol. The first-order valence-corrected chi connectivity index (χ1v) is 7.74. The molecule has 4 heteroatoms. The van der Waals surface area contributed by atoms with E-state index in [0.717, 1.165) is 24.4 Å². The first-order valence-electron chi connectivity index (χ1n) is 6.93. The molecule has 20 heavy (non-hydrogen) atoms. The number of hydrogen-bond acceptors (Lipinski definition) is 4. The topological polar surface area (TPSA) is 47.3 Å². The summed E-state index contributed by atoms with van der Waals surface area (Å²) in [6, 6.07) is 8.09. The number of rotatable bonds is 6. The van der Waals surface area contributed by atoms with Gasteiger partial charge in [-0.3, -0.25) is 0 Å².